The summed E-state index contributed by atoms with van der Waals surface area (Å²) in [6.45, 7) is 4.61. The second kappa shape index (κ2) is 13.5. The van der Waals surface area contributed by atoms with Crippen molar-refractivity contribution in [3.8, 4) is 5.75 Å². The van der Waals surface area contributed by atoms with E-state index in [0.717, 1.165) is 57.3 Å². The van der Waals surface area contributed by atoms with Gasteiger partial charge < -0.3 is 4.74 Å². The number of hydrogen-bond acceptors (Lipinski definition) is 1. The van der Waals surface area contributed by atoms with E-state index in [9.17, 15) is 4.39 Å². The Morgan fingerprint density at radius 3 is 1.97 bits per heavy atom. The van der Waals surface area contributed by atoms with E-state index in [-0.39, 0.29) is 17.7 Å². The van der Waals surface area contributed by atoms with E-state index in [2.05, 4.69) is 13.0 Å². The molecule has 4 rings (SSSR count). The van der Waals surface area contributed by atoms with E-state index in [0.29, 0.717) is 35.0 Å². The molecule has 2 aromatic rings. The maximum Gasteiger partial charge on any atom is 0.162 e. The molecule has 4 heteroatoms. The van der Waals surface area contributed by atoms with Crippen molar-refractivity contribution in [3.63, 3.8) is 0 Å². The van der Waals surface area contributed by atoms with Crippen LogP contribution in [0.2, 0.25) is 0 Å². The summed E-state index contributed by atoms with van der Waals surface area (Å²) in [6, 6.07) is 8.67. The first-order chi connectivity index (χ1) is 18.0. The van der Waals surface area contributed by atoms with Crippen molar-refractivity contribution >= 4 is 6.08 Å². The molecule has 2 aromatic carbocycles. The van der Waals surface area contributed by atoms with Crippen LogP contribution >= 0.6 is 0 Å². The minimum Gasteiger partial charge on any atom is -0.494 e. The van der Waals surface area contributed by atoms with Crippen LogP contribution in [-0.2, 0) is 0 Å². The molecular weight excluding hydrogens is 469 g/mol. The number of unbranched alkanes of at least 4 members (excludes halogenated alkanes) is 2. The molecule has 0 N–H and O–H groups in total. The number of halogens is 3. The molecule has 0 heterocycles. The highest BCUT2D eigenvalue weighted by Gasteiger charge is 2.29. The maximum atomic E-state index is 15.2. The van der Waals surface area contributed by atoms with Crippen molar-refractivity contribution in [1.82, 2.24) is 0 Å². The van der Waals surface area contributed by atoms with Gasteiger partial charge in [-0.05, 0) is 105 Å². The lowest BCUT2D eigenvalue weighted by atomic mass is 9.75. The van der Waals surface area contributed by atoms with Crippen LogP contribution in [0, 0.1) is 29.3 Å². The van der Waals surface area contributed by atoms with Crippen LogP contribution in [0.25, 0.3) is 6.08 Å². The van der Waals surface area contributed by atoms with Gasteiger partial charge in [-0.15, -0.1) is 0 Å². The molecule has 2 saturated carbocycles. The molecule has 202 valence electrons. The fraction of sp³-hybridized carbons (Fsp3) is 0.576. The van der Waals surface area contributed by atoms with Gasteiger partial charge in [0.25, 0.3) is 0 Å². The summed E-state index contributed by atoms with van der Waals surface area (Å²) >= 11 is 0. The zero-order valence-corrected chi connectivity index (χ0v) is 22.6. The molecule has 0 radical (unpaired) electrons. The van der Waals surface area contributed by atoms with Crippen LogP contribution in [0.3, 0.4) is 0 Å². The first kappa shape index (κ1) is 27.8. The molecule has 2 aliphatic carbocycles. The van der Waals surface area contributed by atoms with Crippen LogP contribution in [0.4, 0.5) is 13.2 Å². The topological polar surface area (TPSA) is 9.23 Å². The normalized spacial score (nSPS) is 24.5. The molecule has 0 unspecified atom stereocenters. The van der Waals surface area contributed by atoms with Crippen molar-refractivity contribution in [3.05, 3.63) is 70.5 Å². The van der Waals surface area contributed by atoms with E-state index in [4.69, 9.17) is 4.74 Å². The van der Waals surface area contributed by atoms with Gasteiger partial charge in [-0.3, -0.25) is 0 Å². The SMILES string of the molecule is CCCCCC1CCC(c2ccc(C3CCC(C=Cc4ccc(OCC)cc4F)CC3)c(F)c2F)CC1. The second-order valence-corrected chi connectivity index (χ2v) is 11.2. The van der Waals surface area contributed by atoms with Crippen molar-refractivity contribution in [2.75, 3.05) is 6.61 Å². The fourth-order valence-electron chi connectivity index (χ4n) is 6.42. The molecule has 0 aliphatic heterocycles. The van der Waals surface area contributed by atoms with E-state index in [1.807, 2.05) is 25.1 Å². The molecule has 0 saturated heterocycles. The summed E-state index contributed by atoms with van der Waals surface area (Å²) in [5.41, 5.74) is 1.67. The van der Waals surface area contributed by atoms with E-state index < -0.39 is 11.6 Å². The summed E-state index contributed by atoms with van der Waals surface area (Å²) in [5.74, 6) is 0.274. The molecule has 0 atom stereocenters. The molecule has 0 spiro atoms. The molecule has 0 aromatic heterocycles. The van der Waals surface area contributed by atoms with Crippen LogP contribution < -0.4 is 4.74 Å². The van der Waals surface area contributed by atoms with Gasteiger partial charge in [-0.2, -0.15) is 0 Å². The highest BCUT2D eigenvalue weighted by atomic mass is 19.2. The number of ether oxygens (including phenoxy) is 1. The Kier molecular flexibility index (Phi) is 10.2. The Hall–Kier alpha value is -2.23. The maximum absolute atomic E-state index is 15.2. The van der Waals surface area contributed by atoms with Crippen molar-refractivity contribution in [1.29, 1.82) is 0 Å². The Morgan fingerprint density at radius 1 is 0.784 bits per heavy atom. The average Bonchev–Trinajstić information content (AvgIpc) is 2.91. The molecule has 0 amide bonds. The van der Waals surface area contributed by atoms with Crippen molar-refractivity contribution in [2.45, 2.75) is 103 Å². The third-order valence-electron chi connectivity index (χ3n) is 8.69. The predicted octanol–water partition coefficient (Wildman–Crippen LogP) is 10.3. The van der Waals surface area contributed by atoms with Gasteiger partial charge in [0.15, 0.2) is 11.6 Å². The van der Waals surface area contributed by atoms with Crippen molar-refractivity contribution in [2.24, 2.45) is 11.8 Å². The highest BCUT2D eigenvalue weighted by Crippen LogP contribution is 2.42. The molecule has 2 fully saturated rings. The van der Waals surface area contributed by atoms with E-state index >= 15 is 8.78 Å². The van der Waals surface area contributed by atoms with Crippen LogP contribution in [-0.4, -0.2) is 6.61 Å². The Morgan fingerprint density at radius 2 is 1.41 bits per heavy atom. The third-order valence-corrected chi connectivity index (χ3v) is 8.69. The van der Waals surface area contributed by atoms with E-state index in [1.54, 1.807) is 12.1 Å². The summed E-state index contributed by atoms with van der Waals surface area (Å²) in [6.07, 6.45) is 16.6. The fourth-order valence-corrected chi connectivity index (χ4v) is 6.42. The predicted molar refractivity (Wildman–Crippen MR) is 147 cm³/mol. The molecule has 2 aliphatic rings. The second-order valence-electron chi connectivity index (χ2n) is 11.2. The number of hydrogen-bond donors (Lipinski definition) is 0. The lowest BCUT2D eigenvalue weighted by Crippen LogP contribution is -2.17. The zero-order chi connectivity index (χ0) is 26.2. The average molecular weight is 513 g/mol. The van der Waals surface area contributed by atoms with Gasteiger partial charge in [0.2, 0.25) is 0 Å². The zero-order valence-electron chi connectivity index (χ0n) is 22.6. The molecule has 1 nitrogen and oxygen atoms in total. The van der Waals surface area contributed by atoms with Crippen molar-refractivity contribution < 1.29 is 17.9 Å². The van der Waals surface area contributed by atoms with Gasteiger partial charge in [-0.25, -0.2) is 13.2 Å². The quantitative estimate of drug-likeness (QED) is 0.288. The third kappa shape index (κ3) is 7.21. The van der Waals surface area contributed by atoms with Crippen LogP contribution in [0.5, 0.6) is 5.75 Å². The summed E-state index contributed by atoms with van der Waals surface area (Å²) in [5, 5.41) is 0. The first-order valence-electron chi connectivity index (χ1n) is 14.6. The van der Waals surface area contributed by atoms with Gasteiger partial charge in [0.1, 0.15) is 11.6 Å². The number of benzene rings is 2. The Labute approximate surface area is 221 Å². The van der Waals surface area contributed by atoms with Crippen LogP contribution in [0.15, 0.2) is 36.4 Å². The molecule has 37 heavy (non-hydrogen) atoms. The lowest BCUT2D eigenvalue weighted by molar-refractivity contribution is 0.297. The lowest BCUT2D eigenvalue weighted by Gasteiger charge is -2.30. The first-order valence-corrected chi connectivity index (χ1v) is 14.6. The molecule has 0 bridgehead atoms. The number of allylic oxidation sites excluding steroid dienone is 1. The van der Waals surface area contributed by atoms with Crippen LogP contribution in [0.1, 0.15) is 119 Å². The molecular formula is C33H43F3O. The number of rotatable bonds is 10. The minimum absolute atomic E-state index is 0.0460. The van der Waals surface area contributed by atoms with E-state index in [1.165, 1.54) is 31.7 Å². The van der Waals surface area contributed by atoms with Gasteiger partial charge >= 0.3 is 0 Å². The standard InChI is InChI=1S/C33H43F3O/c1-3-5-6-7-23-8-13-25(14-9-23)29-20-21-30(33(36)32(29)35)26-15-10-24(11-16-26)12-17-27-18-19-28(37-4-2)22-31(27)34/h12,17-26H,3-11,13-16H2,1-2H3. The smallest absolute Gasteiger partial charge is 0.162 e. The summed E-state index contributed by atoms with van der Waals surface area (Å²) < 4.78 is 50.1. The van der Waals surface area contributed by atoms with Gasteiger partial charge in [-0.1, -0.05) is 56.9 Å². The van der Waals surface area contributed by atoms with Gasteiger partial charge in [0.05, 0.1) is 6.61 Å². The summed E-state index contributed by atoms with van der Waals surface area (Å²) in [7, 11) is 0. The monoisotopic (exact) mass is 512 g/mol. The highest BCUT2D eigenvalue weighted by molar-refractivity contribution is 5.52. The Balaban J connectivity index is 1.31. The minimum atomic E-state index is -0.627. The Bertz CT molecular complexity index is 1030. The summed E-state index contributed by atoms with van der Waals surface area (Å²) in [4.78, 5) is 0. The largest absolute Gasteiger partial charge is 0.494 e. The van der Waals surface area contributed by atoms with Gasteiger partial charge in [0, 0.05) is 11.6 Å².